The maximum absolute atomic E-state index is 5.04. The molecule has 1 unspecified atom stereocenters. The highest BCUT2D eigenvalue weighted by Crippen LogP contribution is 2.34. The Bertz CT molecular complexity index is 853. The van der Waals surface area contributed by atoms with Crippen molar-refractivity contribution in [2.24, 2.45) is 5.92 Å². The Kier molecular flexibility index (Phi) is 4.22. The molecule has 0 spiro atoms. The lowest BCUT2D eigenvalue weighted by Gasteiger charge is -2.15. The summed E-state index contributed by atoms with van der Waals surface area (Å²) in [6.07, 6.45) is 6.24. The van der Waals surface area contributed by atoms with Gasteiger partial charge in [-0.1, -0.05) is 5.21 Å². The van der Waals surface area contributed by atoms with E-state index in [4.69, 9.17) is 4.74 Å². The van der Waals surface area contributed by atoms with Crippen LogP contribution < -0.4 is 10.6 Å². The maximum Gasteiger partial charge on any atom is 0.232 e. The van der Waals surface area contributed by atoms with Gasteiger partial charge in [0.2, 0.25) is 5.95 Å². The average Bonchev–Trinajstić information content (AvgIpc) is 3.19. The molecule has 0 saturated heterocycles. The van der Waals surface area contributed by atoms with Crippen molar-refractivity contribution in [3.05, 3.63) is 18.5 Å². The first kappa shape index (κ1) is 15.8. The van der Waals surface area contributed by atoms with Crippen LogP contribution in [0.15, 0.2) is 18.5 Å². The number of hydrogen-bond acceptors (Lipinski definition) is 7. The second kappa shape index (κ2) is 6.67. The van der Waals surface area contributed by atoms with Crippen molar-refractivity contribution < 1.29 is 4.74 Å². The fourth-order valence-electron chi connectivity index (χ4n) is 2.80. The highest BCUT2D eigenvalue weighted by molar-refractivity contribution is 5.88. The van der Waals surface area contributed by atoms with Crippen LogP contribution in [0.25, 0.3) is 11.0 Å². The molecular weight excluding hydrogens is 320 g/mol. The Morgan fingerprint density at radius 1 is 1.40 bits per heavy atom. The molecule has 3 heterocycles. The predicted molar refractivity (Wildman–Crippen MR) is 94.9 cm³/mol. The fourth-order valence-corrected chi connectivity index (χ4v) is 2.80. The second-order valence-corrected chi connectivity index (χ2v) is 6.39. The number of aromatic nitrogens is 6. The van der Waals surface area contributed by atoms with Gasteiger partial charge in [-0.05, 0) is 31.7 Å². The molecule has 9 nitrogen and oxygen atoms in total. The summed E-state index contributed by atoms with van der Waals surface area (Å²) < 4.78 is 6.76. The number of fused-ring (bicyclic) bond motifs is 1. The van der Waals surface area contributed by atoms with Gasteiger partial charge in [-0.25, -0.2) is 4.68 Å². The predicted octanol–water partition coefficient (Wildman–Crippen LogP) is 2.15. The minimum Gasteiger partial charge on any atom is -0.383 e. The molecule has 1 fully saturated rings. The minimum absolute atomic E-state index is 0.399. The molecule has 132 valence electrons. The maximum atomic E-state index is 5.04. The molecule has 1 aliphatic carbocycles. The summed E-state index contributed by atoms with van der Waals surface area (Å²) in [5.74, 6) is 2.66. The molecule has 0 aromatic carbocycles. The largest absolute Gasteiger partial charge is 0.383 e. The lowest BCUT2D eigenvalue weighted by molar-refractivity contribution is 0.183. The van der Waals surface area contributed by atoms with Crippen LogP contribution in [-0.4, -0.2) is 49.7 Å². The van der Waals surface area contributed by atoms with Gasteiger partial charge >= 0.3 is 0 Å². The first-order valence-electron chi connectivity index (χ1n) is 8.50. The SMILES string of the molecule is COCCn1cc(Nc2nc(NC(C)C3CC3)c3cc[nH]c3n2)nn1. The molecule has 1 atom stereocenters. The summed E-state index contributed by atoms with van der Waals surface area (Å²) in [5.41, 5.74) is 0.787. The van der Waals surface area contributed by atoms with Crippen molar-refractivity contribution >= 4 is 28.6 Å². The second-order valence-electron chi connectivity index (χ2n) is 6.39. The number of nitrogens with one attached hydrogen (secondary N) is 3. The third-order valence-corrected chi connectivity index (χ3v) is 4.41. The molecule has 9 heteroatoms. The summed E-state index contributed by atoms with van der Waals surface area (Å²) in [6, 6.07) is 2.39. The Hall–Kier alpha value is -2.68. The van der Waals surface area contributed by atoms with E-state index in [1.165, 1.54) is 12.8 Å². The van der Waals surface area contributed by atoms with Crippen LogP contribution in [0.3, 0.4) is 0 Å². The van der Waals surface area contributed by atoms with E-state index < -0.39 is 0 Å². The molecule has 25 heavy (non-hydrogen) atoms. The molecule has 0 bridgehead atoms. The van der Waals surface area contributed by atoms with Gasteiger partial charge in [0.25, 0.3) is 0 Å². The van der Waals surface area contributed by atoms with Gasteiger partial charge in [0.05, 0.1) is 24.7 Å². The van der Waals surface area contributed by atoms with Gasteiger partial charge in [0, 0.05) is 19.3 Å². The van der Waals surface area contributed by atoms with E-state index in [1.54, 1.807) is 18.0 Å². The zero-order valence-corrected chi connectivity index (χ0v) is 14.4. The Labute approximate surface area is 145 Å². The molecule has 3 aromatic heterocycles. The van der Waals surface area contributed by atoms with Crippen molar-refractivity contribution in [3.63, 3.8) is 0 Å². The molecule has 0 amide bonds. The molecule has 0 aliphatic heterocycles. The molecule has 3 N–H and O–H groups in total. The number of anilines is 3. The number of aromatic amines is 1. The van der Waals surface area contributed by atoms with E-state index in [1.807, 2.05) is 12.3 Å². The van der Waals surface area contributed by atoms with Gasteiger partial charge in [-0.15, -0.1) is 5.10 Å². The fraction of sp³-hybridized carbons (Fsp3) is 0.500. The van der Waals surface area contributed by atoms with Crippen LogP contribution in [0.4, 0.5) is 17.6 Å². The van der Waals surface area contributed by atoms with Crippen molar-refractivity contribution in [1.29, 1.82) is 0 Å². The Morgan fingerprint density at radius 2 is 2.28 bits per heavy atom. The average molecular weight is 342 g/mol. The van der Waals surface area contributed by atoms with Gasteiger partial charge < -0.3 is 20.4 Å². The van der Waals surface area contributed by atoms with Gasteiger partial charge in [-0.2, -0.15) is 9.97 Å². The van der Waals surface area contributed by atoms with E-state index in [9.17, 15) is 0 Å². The van der Waals surface area contributed by atoms with E-state index in [0.717, 1.165) is 22.8 Å². The highest BCUT2D eigenvalue weighted by Gasteiger charge is 2.28. The van der Waals surface area contributed by atoms with Gasteiger partial charge in [0.1, 0.15) is 11.5 Å². The Morgan fingerprint density at radius 3 is 3.08 bits per heavy atom. The van der Waals surface area contributed by atoms with Crippen molar-refractivity contribution in [2.45, 2.75) is 32.4 Å². The molecule has 1 aliphatic rings. The highest BCUT2D eigenvalue weighted by atomic mass is 16.5. The van der Waals surface area contributed by atoms with Crippen LogP contribution >= 0.6 is 0 Å². The molecule has 0 radical (unpaired) electrons. The summed E-state index contributed by atoms with van der Waals surface area (Å²) in [6.45, 7) is 3.43. The van der Waals surface area contributed by atoms with E-state index in [-0.39, 0.29) is 0 Å². The third-order valence-electron chi connectivity index (χ3n) is 4.41. The van der Waals surface area contributed by atoms with Crippen LogP contribution in [0.1, 0.15) is 19.8 Å². The Balaban J connectivity index is 1.55. The third kappa shape index (κ3) is 3.55. The zero-order valence-electron chi connectivity index (χ0n) is 14.4. The van der Waals surface area contributed by atoms with E-state index >= 15 is 0 Å². The van der Waals surface area contributed by atoms with Crippen LogP contribution in [-0.2, 0) is 11.3 Å². The number of rotatable bonds is 8. The topological polar surface area (TPSA) is 106 Å². The smallest absolute Gasteiger partial charge is 0.232 e. The van der Waals surface area contributed by atoms with Gasteiger partial charge in [-0.3, -0.25) is 0 Å². The van der Waals surface area contributed by atoms with E-state index in [2.05, 4.69) is 42.8 Å². The number of ether oxygens (including phenoxy) is 1. The first-order valence-corrected chi connectivity index (χ1v) is 8.50. The van der Waals surface area contributed by atoms with Crippen molar-refractivity contribution in [1.82, 2.24) is 29.9 Å². The monoisotopic (exact) mass is 342 g/mol. The summed E-state index contributed by atoms with van der Waals surface area (Å²) in [4.78, 5) is 12.3. The molecule has 4 rings (SSSR count). The number of hydrogen-bond donors (Lipinski definition) is 3. The summed E-state index contributed by atoms with van der Waals surface area (Å²) in [7, 11) is 1.66. The first-order chi connectivity index (χ1) is 12.2. The van der Waals surface area contributed by atoms with Crippen molar-refractivity contribution in [3.8, 4) is 0 Å². The number of H-pyrrole nitrogens is 1. The minimum atomic E-state index is 0.399. The number of methoxy groups -OCH3 is 1. The molecule has 3 aromatic rings. The van der Waals surface area contributed by atoms with E-state index in [0.29, 0.717) is 31.0 Å². The van der Waals surface area contributed by atoms with Gasteiger partial charge in [0.15, 0.2) is 5.82 Å². The molecular formula is C16H22N8O. The zero-order chi connectivity index (χ0) is 17.2. The normalized spacial score (nSPS) is 15.4. The van der Waals surface area contributed by atoms with Crippen LogP contribution in [0, 0.1) is 5.92 Å². The summed E-state index contributed by atoms with van der Waals surface area (Å²) in [5, 5.41) is 15.8. The van der Waals surface area contributed by atoms with Crippen molar-refractivity contribution in [2.75, 3.05) is 24.4 Å². The quantitative estimate of drug-likeness (QED) is 0.576. The van der Waals surface area contributed by atoms with Crippen LogP contribution in [0.5, 0.6) is 0 Å². The molecule has 1 saturated carbocycles. The lowest BCUT2D eigenvalue weighted by Crippen LogP contribution is -2.18. The standard InChI is InChI=1S/C16H22N8O/c1-10(11-3-4-11)18-15-12-5-6-17-14(12)20-16(21-15)19-13-9-24(23-22-13)7-8-25-2/h5-6,9-11H,3-4,7-8H2,1-2H3,(H3,17,18,19,20,21). The van der Waals surface area contributed by atoms with Crippen LogP contribution in [0.2, 0.25) is 0 Å². The number of nitrogens with zero attached hydrogens (tertiary/aromatic N) is 5. The summed E-state index contributed by atoms with van der Waals surface area (Å²) >= 11 is 0. The lowest BCUT2D eigenvalue weighted by atomic mass is 10.2.